The number of aromatic nitrogens is 2. The Hall–Kier alpha value is -1.30. The van der Waals surface area contributed by atoms with Crippen LogP contribution >= 0.6 is 11.8 Å². The number of carbonyl (C=O) groups is 1. The second kappa shape index (κ2) is 5.16. The zero-order valence-electron chi connectivity index (χ0n) is 8.85. The summed E-state index contributed by atoms with van der Waals surface area (Å²) in [4.78, 5) is 10.8. The van der Waals surface area contributed by atoms with E-state index in [1.165, 1.54) is 18.6 Å². The van der Waals surface area contributed by atoms with E-state index in [0.29, 0.717) is 11.1 Å². The summed E-state index contributed by atoms with van der Waals surface area (Å²) in [6.45, 7) is 0.898. The lowest BCUT2D eigenvalue weighted by Gasteiger charge is -2.09. The van der Waals surface area contributed by atoms with Gasteiger partial charge in [0.05, 0.1) is 0 Å². The molecular formula is C10H14N4OS. The Balaban J connectivity index is 1.87. The molecule has 1 aliphatic heterocycles. The van der Waals surface area contributed by atoms with E-state index >= 15 is 0 Å². The number of hydrogen-bond donors (Lipinski definition) is 2. The van der Waals surface area contributed by atoms with Gasteiger partial charge in [-0.15, -0.1) is 10.2 Å². The van der Waals surface area contributed by atoms with Gasteiger partial charge in [-0.3, -0.25) is 4.79 Å². The van der Waals surface area contributed by atoms with Gasteiger partial charge in [0.2, 0.25) is 0 Å². The molecule has 1 aromatic heterocycles. The minimum absolute atomic E-state index is 0.195. The molecule has 1 amide bonds. The van der Waals surface area contributed by atoms with Gasteiger partial charge >= 0.3 is 0 Å². The molecule has 6 heteroatoms. The number of nitrogens with zero attached hydrogens (tertiary/aromatic N) is 2. The third kappa shape index (κ3) is 2.85. The van der Waals surface area contributed by atoms with E-state index in [1.54, 1.807) is 12.1 Å². The van der Waals surface area contributed by atoms with Crippen LogP contribution in [0.15, 0.2) is 12.1 Å². The van der Waals surface area contributed by atoms with Crippen LogP contribution in [0.4, 0.5) is 5.82 Å². The van der Waals surface area contributed by atoms with Crippen molar-refractivity contribution in [3.8, 4) is 0 Å². The summed E-state index contributed by atoms with van der Waals surface area (Å²) in [5, 5.41) is 11.5. The highest BCUT2D eigenvalue weighted by Crippen LogP contribution is 2.25. The Kier molecular flexibility index (Phi) is 3.61. The van der Waals surface area contributed by atoms with Gasteiger partial charge in [0.15, 0.2) is 5.69 Å². The predicted molar refractivity (Wildman–Crippen MR) is 64.5 cm³/mol. The average Bonchev–Trinajstić information content (AvgIpc) is 2.80. The molecule has 0 saturated carbocycles. The highest BCUT2D eigenvalue weighted by Gasteiger charge is 2.15. The predicted octanol–water partition coefficient (Wildman–Crippen LogP) is 0.883. The molecule has 0 aliphatic carbocycles. The molecule has 2 rings (SSSR count). The van der Waals surface area contributed by atoms with E-state index in [0.717, 1.165) is 6.54 Å². The van der Waals surface area contributed by atoms with Gasteiger partial charge < -0.3 is 11.1 Å². The van der Waals surface area contributed by atoms with Gasteiger partial charge in [-0.05, 0) is 30.7 Å². The maximum absolute atomic E-state index is 10.8. The van der Waals surface area contributed by atoms with Crippen molar-refractivity contribution in [3.05, 3.63) is 17.8 Å². The lowest BCUT2D eigenvalue weighted by atomic mass is 10.2. The van der Waals surface area contributed by atoms with Gasteiger partial charge in [0.25, 0.3) is 5.91 Å². The molecule has 3 N–H and O–H groups in total. The Morgan fingerprint density at radius 2 is 2.44 bits per heavy atom. The minimum atomic E-state index is -0.551. The molecule has 0 spiro atoms. The van der Waals surface area contributed by atoms with Crippen molar-refractivity contribution in [1.29, 1.82) is 0 Å². The second-order valence-corrected chi connectivity index (χ2v) is 5.09. The van der Waals surface area contributed by atoms with Gasteiger partial charge in [0, 0.05) is 11.8 Å². The second-order valence-electron chi connectivity index (χ2n) is 3.68. The van der Waals surface area contributed by atoms with Crippen LogP contribution in [0.2, 0.25) is 0 Å². The summed E-state index contributed by atoms with van der Waals surface area (Å²) in [5.74, 6) is 1.39. The molecule has 5 nitrogen and oxygen atoms in total. The fourth-order valence-electron chi connectivity index (χ4n) is 1.58. The Bertz CT molecular complexity index is 362. The molecule has 0 radical (unpaired) electrons. The monoisotopic (exact) mass is 238 g/mol. The maximum Gasteiger partial charge on any atom is 0.269 e. The van der Waals surface area contributed by atoms with Gasteiger partial charge in [-0.1, -0.05) is 0 Å². The Labute approximate surface area is 98.2 Å². The Morgan fingerprint density at radius 1 is 1.56 bits per heavy atom. The zero-order valence-corrected chi connectivity index (χ0v) is 9.67. The number of anilines is 1. The molecular weight excluding hydrogens is 224 g/mol. The SMILES string of the molecule is NC(=O)c1ccc(NCC2CCCS2)nn1. The molecule has 0 aromatic carbocycles. The van der Waals surface area contributed by atoms with Crippen molar-refractivity contribution < 1.29 is 4.79 Å². The number of amides is 1. The van der Waals surface area contributed by atoms with Crippen molar-refractivity contribution in [2.24, 2.45) is 5.73 Å². The van der Waals surface area contributed by atoms with E-state index in [4.69, 9.17) is 5.73 Å². The summed E-state index contributed by atoms with van der Waals surface area (Å²) in [7, 11) is 0. The number of nitrogens with one attached hydrogen (secondary N) is 1. The van der Waals surface area contributed by atoms with Crippen molar-refractivity contribution >= 4 is 23.5 Å². The molecule has 1 aliphatic rings. The molecule has 1 aromatic rings. The minimum Gasteiger partial charge on any atom is -0.367 e. The van der Waals surface area contributed by atoms with Crippen LogP contribution in [0.3, 0.4) is 0 Å². The van der Waals surface area contributed by atoms with E-state index in [-0.39, 0.29) is 5.69 Å². The van der Waals surface area contributed by atoms with Crippen LogP contribution in [0.1, 0.15) is 23.3 Å². The molecule has 1 saturated heterocycles. The average molecular weight is 238 g/mol. The molecule has 2 heterocycles. The first-order chi connectivity index (χ1) is 7.75. The number of carbonyl (C=O) groups excluding carboxylic acids is 1. The lowest BCUT2D eigenvalue weighted by Crippen LogP contribution is -2.17. The maximum atomic E-state index is 10.8. The van der Waals surface area contributed by atoms with Gasteiger partial charge in [0.1, 0.15) is 5.82 Å². The van der Waals surface area contributed by atoms with E-state index < -0.39 is 5.91 Å². The fourth-order valence-corrected chi connectivity index (χ4v) is 2.78. The van der Waals surface area contributed by atoms with Crippen LogP contribution < -0.4 is 11.1 Å². The van der Waals surface area contributed by atoms with E-state index in [1.807, 2.05) is 11.8 Å². The normalized spacial score (nSPS) is 19.6. The zero-order chi connectivity index (χ0) is 11.4. The number of hydrogen-bond acceptors (Lipinski definition) is 5. The summed E-state index contributed by atoms with van der Waals surface area (Å²) < 4.78 is 0. The van der Waals surface area contributed by atoms with Crippen LogP contribution in [0.5, 0.6) is 0 Å². The molecule has 0 bridgehead atoms. The number of thioether (sulfide) groups is 1. The fraction of sp³-hybridized carbons (Fsp3) is 0.500. The molecule has 16 heavy (non-hydrogen) atoms. The summed E-state index contributed by atoms with van der Waals surface area (Å²) in [6, 6.07) is 3.31. The van der Waals surface area contributed by atoms with Crippen molar-refractivity contribution in [2.75, 3.05) is 17.6 Å². The largest absolute Gasteiger partial charge is 0.367 e. The van der Waals surface area contributed by atoms with Gasteiger partial charge in [-0.2, -0.15) is 11.8 Å². The van der Waals surface area contributed by atoms with E-state index in [9.17, 15) is 4.79 Å². The smallest absolute Gasteiger partial charge is 0.269 e. The van der Waals surface area contributed by atoms with Gasteiger partial charge in [-0.25, -0.2) is 0 Å². The van der Waals surface area contributed by atoms with Crippen LogP contribution in [-0.4, -0.2) is 33.7 Å². The molecule has 1 fully saturated rings. The quantitative estimate of drug-likeness (QED) is 0.814. The third-order valence-corrected chi connectivity index (χ3v) is 3.85. The topological polar surface area (TPSA) is 80.9 Å². The van der Waals surface area contributed by atoms with Crippen molar-refractivity contribution in [3.63, 3.8) is 0 Å². The van der Waals surface area contributed by atoms with Crippen LogP contribution in [0, 0.1) is 0 Å². The summed E-state index contributed by atoms with van der Waals surface area (Å²) in [6.07, 6.45) is 2.55. The third-order valence-electron chi connectivity index (χ3n) is 2.45. The highest BCUT2D eigenvalue weighted by atomic mass is 32.2. The van der Waals surface area contributed by atoms with Crippen LogP contribution in [-0.2, 0) is 0 Å². The Morgan fingerprint density at radius 3 is 3.00 bits per heavy atom. The lowest BCUT2D eigenvalue weighted by molar-refractivity contribution is 0.0994. The number of primary amides is 1. The van der Waals surface area contributed by atoms with Crippen molar-refractivity contribution in [2.45, 2.75) is 18.1 Å². The summed E-state index contributed by atoms with van der Waals surface area (Å²) >= 11 is 1.98. The number of nitrogens with two attached hydrogens (primary N) is 1. The van der Waals surface area contributed by atoms with Crippen LogP contribution in [0.25, 0.3) is 0 Å². The highest BCUT2D eigenvalue weighted by molar-refractivity contribution is 8.00. The first-order valence-electron chi connectivity index (χ1n) is 5.25. The number of rotatable bonds is 4. The first-order valence-corrected chi connectivity index (χ1v) is 6.29. The van der Waals surface area contributed by atoms with Crippen molar-refractivity contribution in [1.82, 2.24) is 10.2 Å². The summed E-state index contributed by atoms with van der Waals surface area (Å²) in [5.41, 5.74) is 5.27. The molecule has 86 valence electrons. The first kappa shape index (κ1) is 11.2. The standard InChI is InChI=1S/C10H14N4OS/c11-10(15)8-3-4-9(14-13-8)12-6-7-2-1-5-16-7/h3-4,7H,1-2,5-6H2,(H2,11,15)(H,12,14). The molecule has 1 atom stereocenters. The van der Waals surface area contributed by atoms with E-state index in [2.05, 4.69) is 15.5 Å². The molecule has 1 unspecified atom stereocenters.